The number of carbonyl (C=O) groups is 2. The molecule has 3 rings (SSSR count). The average Bonchev–Trinajstić information content (AvgIpc) is 3.27. The molecule has 2 aromatic rings. The molecule has 0 spiro atoms. The van der Waals surface area contributed by atoms with E-state index in [-0.39, 0.29) is 40.5 Å². The molecule has 0 radical (unpaired) electrons. The van der Waals surface area contributed by atoms with Crippen molar-refractivity contribution in [1.29, 1.82) is 0 Å². The number of rotatable bonds is 6. The molecule has 1 aromatic heterocycles. The first-order chi connectivity index (χ1) is 12.9. The van der Waals surface area contributed by atoms with Gasteiger partial charge in [-0.2, -0.15) is 0 Å². The van der Waals surface area contributed by atoms with E-state index in [1.54, 1.807) is 0 Å². The Morgan fingerprint density at radius 2 is 2.11 bits per heavy atom. The molecule has 0 bridgehead atoms. The number of ether oxygens (including phenoxy) is 1. The highest BCUT2D eigenvalue weighted by atomic mass is 79.9. The summed E-state index contributed by atoms with van der Waals surface area (Å²) in [5.74, 6) is -2.21. The van der Waals surface area contributed by atoms with Crippen molar-refractivity contribution in [2.75, 3.05) is 20.3 Å². The van der Waals surface area contributed by atoms with Gasteiger partial charge in [0.05, 0.1) is 36.1 Å². The number of aliphatic hydroxyl groups is 2. The summed E-state index contributed by atoms with van der Waals surface area (Å²) in [6.45, 7) is -0.475. The largest absolute Gasteiger partial charge is 0.503 e. The van der Waals surface area contributed by atoms with Crippen molar-refractivity contribution in [2.24, 2.45) is 0 Å². The minimum atomic E-state index is -0.993. The van der Waals surface area contributed by atoms with Gasteiger partial charge < -0.3 is 29.4 Å². The van der Waals surface area contributed by atoms with Crippen LogP contribution in [0.15, 0.2) is 50.8 Å². The zero-order valence-electron chi connectivity index (χ0n) is 14.2. The van der Waals surface area contributed by atoms with E-state index in [2.05, 4.69) is 15.9 Å². The molecule has 0 fully saturated rings. The SMILES string of the molecule is COc1cc([C@H]2C(C(=O)c3ccco3)=C(O)C(=O)N2CCO)cc(Br)c1O. The van der Waals surface area contributed by atoms with Crippen LogP contribution >= 0.6 is 15.9 Å². The number of halogens is 1. The molecule has 8 nitrogen and oxygen atoms in total. The number of Topliss-reactive ketones (excluding diaryl/α,β-unsaturated/α-hetero) is 1. The number of hydrogen-bond acceptors (Lipinski definition) is 7. The quantitative estimate of drug-likeness (QED) is 0.592. The molecule has 1 aliphatic rings. The molecule has 142 valence electrons. The third kappa shape index (κ3) is 3.19. The summed E-state index contributed by atoms with van der Waals surface area (Å²) in [7, 11) is 1.36. The van der Waals surface area contributed by atoms with Gasteiger partial charge in [-0.05, 0) is 45.8 Å². The van der Waals surface area contributed by atoms with Crippen molar-refractivity contribution in [3.8, 4) is 11.5 Å². The lowest BCUT2D eigenvalue weighted by atomic mass is 9.94. The van der Waals surface area contributed by atoms with Gasteiger partial charge in [-0.15, -0.1) is 0 Å². The van der Waals surface area contributed by atoms with Crippen molar-refractivity contribution < 1.29 is 34.1 Å². The fourth-order valence-corrected chi connectivity index (χ4v) is 3.48. The average molecular weight is 438 g/mol. The Hall–Kier alpha value is -2.78. The predicted molar refractivity (Wildman–Crippen MR) is 96.6 cm³/mol. The van der Waals surface area contributed by atoms with Gasteiger partial charge in [0.15, 0.2) is 23.0 Å². The Bertz CT molecular complexity index is 920. The van der Waals surface area contributed by atoms with Crippen LogP contribution in [0, 0.1) is 0 Å². The summed E-state index contributed by atoms with van der Waals surface area (Å²) in [5.41, 5.74) is 0.223. The lowest BCUT2D eigenvalue weighted by Gasteiger charge is -2.26. The summed E-state index contributed by atoms with van der Waals surface area (Å²) >= 11 is 3.20. The third-order valence-corrected chi connectivity index (χ3v) is 4.83. The van der Waals surface area contributed by atoms with Crippen LogP contribution in [-0.2, 0) is 4.79 Å². The zero-order chi connectivity index (χ0) is 19.7. The number of aromatic hydroxyl groups is 1. The maximum atomic E-state index is 12.9. The maximum Gasteiger partial charge on any atom is 0.290 e. The first-order valence-corrected chi connectivity index (χ1v) is 8.69. The summed E-state index contributed by atoms with van der Waals surface area (Å²) in [6.07, 6.45) is 1.31. The summed E-state index contributed by atoms with van der Waals surface area (Å²) in [6, 6.07) is 4.91. The van der Waals surface area contributed by atoms with Gasteiger partial charge >= 0.3 is 0 Å². The van der Waals surface area contributed by atoms with E-state index in [4.69, 9.17) is 9.15 Å². The number of amides is 1. The second-order valence-electron chi connectivity index (χ2n) is 5.75. The number of hydrogen-bond donors (Lipinski definition) is 3. The second kappa shape index (κ2) is 7.45. The molecule has 1 atom stereocenters. The maximum absolute atomic E-state index is 12.9. The Balaban J connectivity index is 2.17. The van der Waals surface area contributed by atoms with Crippen LogP contribution in [0.2, 0.25) is 0 Å². The monoisotopic (exact) mass is 437 g/mol. The molecular weight excluding hydrogens is 422 g/mol. The number of methoxy groups -OCH3 is 1. The van der Waals surface area contributed by atoms with Gasteiger partial charge in [0.1, 0.15) is 0 Å². The highest BCUT2D eigenvalue weighted by molar-refractivity contribution is 9.10. The fourth-order valence-electron chi connectivity index (χ4n) is 3.02. The molecule has 3 N–H and O–H groups in total. The number of phenols is 1. The van der Waals surface area contributed by atoms with Crippen LogP contribution in [-0.4, -0.2) is 52.2 Å². The van der Waals surface area contributed by atoms with E-state index in [0.717, 1.165) is 0 Å². The van der Waals surface area contributed by atoms with Crippen LogP contribution in [0.1, 0.15) is 22.2 Å². The van der Waals surface area contributed by atoms with Crippen molar-refractivity contribution in [3.05, 3.63) is 57.7 Å². The topological polar surface area (TPSA) is 120 Å². The lowest BCUT2D eigenvalue weighted by molar-refractivity contribution is -0.129. The molecule has 9 heteroatoms. The number of carbonyl (C=O) groups excluding carboxylic acids is 2. The van der Waals surface area contributed by atoms with E-state index in [1.807, 2.05) is 0 Å². The zero-order valence-corrected chi connectivity index (χ0v) is 15.8. The van der Waals surface area contributed by atoms with E-state index < -0.39 is 23.5 Å². The highest BCUT2D eigenvalue weighted by Gasteiger charge is 2.44. The molecule has 0 saturated heterocycles. The van der Waals surface area contributed by atoms with E-state index >= 15 is 0 Å². The third-order valence-electron chi connectivity index (χ3n) is 4.22. The first kappa shape index (κ1) is 19.0. The minimum absolute atomic E-state index is 0.0370. The van der Waals surface area contributed by atoms with Crippen LogP contribution in [0.25, 0.3) is 0 Å². The van der Waals surface area contributed by atoms with Crippen molar-refractivity contribution in [3.63, 3.8) is 0 Å². The number of ketones is 1. The first-order valence-electron chi connectivity index (χ1n) is 7.90. The second-order valence-corrected chi connectivity index (χ2v) is 6.60. The number of aliphatic hydroxyl groups excluding tert-OH is 2. The Morgan fingerprint density at radius 1 is 1.37 bits per heavy atom. The molecule has 0 unspecified atom stereocenters. The number of nitrogens with zero attached hydrogens (tertiary/aromatic N) is 1. The molecule has 27 heavy (non-hydrogen) atoms. The number of phenolic OH excluding ortho intramolecular Hbond substituents is 1. The van der Waals surface area contributed by atoms with Gasteiger partial charge in [0.2, 0.25) is 5.78 Å². The van der Waals surface area contributed by atoms with E-state index in [1.165, 1.54) is 42.5 Å². The van der Waals surface area contributed by atoms with Crippen LogP contribution in [0.4, 0.5) is 0 Å². The van der Waals surface area contributed by atoms with Crippen LogP contribution < -0.4 is 4.74 Å². The van der Waals surface area contributed by atoms with Gasteiger partial charge in [-0.3, -0.25) is 9.59 Å². The molecule has 1 aromatic carbocycles. The molecule has 2 heterocycles. The molecule has 0 aliphatic carbocycles. The standard InChI is InChI=1S/C18H16BrNO7/c1-26-12-8-9(7-10(19)15(12)22)14-13(16(23)11-3-2-6-27-11)17(24)18(25)20(14)4-5-21/h2-3,6-8,14,21-22,24H,4-5H2,1H3/t14-/m0/s1. The predicted octanol–water partition coefficient (Wildman–Crippen LogP) is 2.33. The molecule has 1 aliphatic heterocycles. The smallest absolute Gasteiger partial charge is 0.290 e. The van der Waals surface area contributed by atoms with Crippen LogP contribution in [0.5, 0.6) is 11.5 Å². The van der Waals surface area contributed by atoms with E-state index in [0.29, 0.717) is 5.56 Å². The fraction of sp³-hybridized carbons (Fsp3) is 0.222. The number of furan rings is 1. The van der Waals surface area contributed by atoms with Crippen molar-refractivity contribution in [1.82, 2.24) is 4.90 Å². The van der Waals surface area contributed by atoms with E-state index in [9.17, 15) is 24.9 Å². The number of benzene rings is 1. The highest BCUT2D eigenvalue weighted by Crippen LogP contribution is 2.43. The summed E-state index contributed by atoms with van der Waals surface area (Å²) in [4.78, 5) is 26.5. The van der Waals surface area contributed by atoms with Gasteiger partial charge in [0.25, 0.3) is 5.91 Å². The van der Waals surface area contributed by atoms with Crippen LogP contribution in [0.3, 0.4) is 0 Å². The lowest BCUT2D eigenvalue weighted by Crippen LogP contribution is -2.33. The van der Waals surface area contributed by atoms with Gasteiger partial charge in [0, 0.05) is 6.54 Å². The minimum Gasteiger partial charge on any atom is -0.503 e. The Labute approximate surface area is 162 Å². The molecular formula is C18H16BrNO7. The van der Waals surface area contributed by atoms with Gasteiger partial charge in [-0.25, -0.2) is 0 Å². The summed E-state index contributed by atoms with van der Waals surface area (Å²) < 4.78 is 10.5. The molecule has 1 amide bonds. The van der Waals surface area contributed by atoms with Crippen molar-refractivity contribution in [2.45, 2.75) is 6.04 Å². The van der Waals surface area contributed by atoms with Crippen molar-refractivity contribution >= 4 is 27.6 Å². The summed E-state index contributed by atoms with van der Waals surface area (Å²) in [5, 5.41) is 29.7. The Morgan fingerprint density at radius 3 is 2.70 bits per heavy atom. The Kier molecular flexibility index (Phi) is 5.24. The van der Waals surface area contributed by atoms with Gasteiger partial charge in [-0.1, -0.05) is 0 Å². The molecule has 0 saturated carbocycles. The number of β-amino-alcohol motifs (C(OH)–C–C–N with tert-alkyl or cyclic N) is 1. The normalized spacial score (nSPS) is 16.9.